The minimum absolute atomic E-state index is 0.269. The van der Waals surface area contributed by atoms with Gasteiger partial charge in [-0.3, -0.25) is 14.0 Å². The Hall–Kier alpha value is -3.62. The second-order valence-corrected chi connectivity index (χ2v) is 5.34. The van der Waals surface area contributed by atoms with E-state index in [0.29, 0.717) is 22.2 Å². The number of nitrogens with one attached hydrogen (secondary N) is 1. The molecule has 0 atom stereocenters. The zero-order valence-corrected chi connectivity index (χ0v) is 12.8. The van der Waals surface area contributed by atoms with Crippen molar-refractivity contribution in [3.63, 3.8) is 0 Å². The van der Waals surface area contributed by atoms with Crippen molar-refractivity contribution in [1.29, 1.82) is 0 Å². The molecule has 3 aromatic heterocycles. The Balaban J connectivity index is 1.69. The Labute approximate surface area is 139 Å². The van der Waals surface area contributed by atoms with Gasteiger partial charge in [-0.05, 0) is 30.3 Å². The van der Waals surface area contributed by atoms with Crippen LogP contribution >= 0.6 is 0 Å². The molecule has 0 aliphatic rings. The van der Waals surface area contributed by atoms with Crippen LogP contribution in [0.15, 0.2) is 54.0 Å². The zero-order valence-electron chi connectivity index (χ0n) is 12.8. The minimum atomic E-state index is -0.447. The van der Waals surface area contributed by atoms with Gasteiger partial charge >= 0.3 is 0 Å². The molecule has 0 bridgehead atoms. The van der Waals surface area contributed by atoms with Crippen molar-refractivity contribution in [2.24, 2.45) is 0 Å². The number of benzene rings is 1. The largest absolute Gasteiger partial charge is 0.309 e. The average molecular weight is 338 g/mol. The number of hydrogen-bond acceptors (Lipinski definition) is 5. The highest BCUT2D eigenvalue weighted by atomic mass is 19.1. The topological polar surface area (TPSA) is 94.2 Å². The lowest BCUT2D eigenvalue weighted by atomic mass is 10.2. The number of carbonyl (C=O) groups is 1. The summed E-state index contributed by atoms with van der Waals surface area (Å²) in [5.74, 6) is -0.515. The van der Waals surface area contributed by atoms with Gasteiger partial charge in [0.2, 0.25) is 5.91 Å². The van der Waals surface area contributed by atoms with Crippen LogP contribution in [-0.4, -0.2) is 30.1 Å². The van der Waals surface area contributed by atoms with Crippen LogP contribution in [-0.2, 0) is 11.3 Å². The SMILES string of the molecule is O=C(Cn1ncn2c(cc3ccc(F)cc32)c1=O)Nc1ccncn1. The lowest BCUT2D eigenvalue weighted by molar-refractivity contribution is -0.117. The van der Waals surface area contributed by atoms with E-state index in [0.717, 1.165) is 4.68 Å². The quantitative estimate of drug-likeness (QED) is 0.606. The van der Waals surface area contributed by atoms with Crippen LogP contribution in [0.2, 0.25) is 0 Å². The van der Waals surface area contributed by atoms with E-state index in [1.165, 1.54) is 41.5 Å². The fraction of sp³-hybridized carbons (Fsp3) is 0.0625. The molecule has 0 saturated carbocycles. The first-order chi connectivity index (χ1) is 12.1. The molecule has 0 spiro atoms. The van der Waals surface area contributed by atoms with Crippen LogP contribution in [0.1, 0.15) is 0 Å². The number of aromatic nitrogens is 5. The van der Waals surface area contributed by atoms with E-state index in [-0.39, 0.29) is 6.54 Å². The number of amides is 1. The Bertz CT molecular complexity index is 1150. The minimum Gasteiger partial charge on any atom is -0.309 e. The van der Waals surface area contributed by atoms with Gasteiger partial charge in [-0.1, -0.05) is 0 Å². The number of halogens is 1. The van der Waals surface area contributed by atoms with Gasteiger partial charge in [0.05, 0.1) is 5.52 Å². The lowest BCUT2D eigenvalue weighted by Crippen LogP contribution is -2.30. The second kappa shape index (κ2) is 5.78. The molecule has 0 radical (unpaired) electrons. The Morgan fingerprint density at radius 2 is 2.08 bits per heavy atom. The Morgan fingerprint density at radius 1 is 1.20 bits per heavy atom. The summed E-state index contributed by atoms with van der Waals surface area (Å²) in [5, 5.41) is 7.26. The summed E-state index contributed by atoms with van der Waals surface area (Å²) in [6.07, 6.45) is 4.18. The van der Waals surface area contributed by atoms with E-state index >= 15 is 0 Å². The maximum Gasteiger partial charge on any atom is 0.291 e. The van der Waals surface area contributed by atoms with Crippen molar-refractivity contribution in [1.82, 2.24) is 24.1 Å². The van der Waals surface area contributed by atoms with Crippen LogP contribution in [0.4, 0.5) is 10.2 Å². The maximum atomic E-state index is 13.4. The van der Waals surface area contributed by atoms with Gasteiger partial charge in [-0.25, -0.2) is 19.0 Å². The molecule has 1 N–H and O–H groups in total. The molecule has 0 aliphatic heterocycles. The summed E-state index contributed by atoms with van der Waals surface area (Å²) < 4.78 is 16.0. The van der Waals surface area contributed by atoms with Gasteiger partial charge < -0.3 is 5.32 Å². The first-order valence-corrected chi connectivity index (χ1v) is 7.34. The van der Waals surface area contributed by atoms with Gasteiger partial charge in [0, 0.05) is 11.6 Å². The molecule has 1 amide bonds. The molecule has 4 rings (SSSR count). The maximum absolute atomic E-state index is 13.4. The van der Waals surface area contributed by atoms with Gasteiger partial charge in [-0.2, -0.15) is 5.10 Å². The predicted molar refractivity (Wildman–Crippen MR) is 87.6 cm³/mol. The summed E-state index contributed by atoms with van der Waals surface area (Å²) in [6, 6.07) is 7.41. The highest BCUT2D eigenvalue weighted by Gasteiger charge is 2.12. The summed E-state index contributed by atoms with van der Waals surface area (Å²) in [7, 11) is 0. The molecular formula is C16H11FN6O2. The summed E-state index contributed by atoms with van der Waals surface area (Å²) in [6.45, 7) is -0.269. The van der Waals surface area contributed by atoms with Crippen molar-refractivity contribution >= 4 is 28.1 Å². The van der Waals surface area contributed by atoms with Gasteiger partial charge in [0.25, 0.3) is 5.56 Å². The monoisotopic (exact) mass is 338 g/mol. The normalized spacial score (nSPS) is 11.1. The molecule has 124 valence electrons. The lowest BCUT2D eigenvalue weighted by Gasteiger charge is -2.06. The van der Waals surface area contributed by atoms with Crippen LogP contribution in [0.5, 0.6) is 0 Å². The van der Waals surface area contributed by atoms with Crippen molar-refractivity contribution < 1.29 is 9.18 Å². The molecule has 0 aliphatic carbocycles. The molecule has 8 nitrogen and oxygen atoms in total. The first kappa shape index (κ1) is 14.9. The fourth-order valence-corrected chi connectivity index (χ4v) is 2.58. The third kappa shape index (κ3) is 2.71. The molecule has 0 saturated heterocycles. The number of hydrogen-bond donors (Lipinski definition) is 1. The van der Waals surface area contributed by atoms with Crippen molar-refractivity contribution in [2.75, 3.05) is 5.32 Å². The number of carbonyl (C=O) groups excluding carboxylic acids is 1. The smallest absolute Gasteiger partial charge is 0.291 e. The highest BCUT2D eigenvalue weighted by Crippen LogP contribution is 2.18. The van der Waals surface area contributed by atoms with E-state index in [4.69, 9.17) is 0 Å². The number of rotatable bonds is 3. The summed E-state index contributed by atoms with van der Waals surface area (Å²) in [5.41, 5.74) is 0.402. The molecule has 9 heteroatoms. The third-order valence-corrected chi connectivity index (χ3v) is 3.71. The van der Waals surface area contributed by atoms with E-state index in [1.54, 1.807) is 12.1 Å². The average Bonchev–Trinajstić information content (AvgIpc) is 2.97. The standard InChI is InChI=1S/C16H11FN6O2/c17-11-2-1-10-5-13-16(25)23(20-9-22(13)12(10)6-11)7-15(24)21-14-3-4-18-8-19-14/h1-6,8-9H,7H2,(H,18,19,21,24). The number of fused-ring (bicyclic) bond motifs is 3. The van der Waals surface area contributed by atoms with E-state index in [9.17, 15) is 14.0 Å². The molecule has 3 heterocycles. The van der Waals surface area contributed by atoms with Crippen LogP contribution in [0.25, 0.3) is 16.4 Å². The summed E-state index contributed by atoms with van der Waals surface area (Å²) in [4.78, 5) is 32.2. The fourth-order valence-electron chi connectivity index (χ4n) is 2.58. The van der Waals surface area contributed by atoms with Gasteiger partial charge in [0.15, 0.2) is 0 Å². The zero-order chi connectivity index (χ0) is 17.4. The highest BCUT2D eigenvalue weighted by molar-refractivity contribution is 5.90. The van der Waals surface area contributed by atoms with Crippen LogP contribution in [0, 0.1) is 5.82 Å². The van der Waals surface area contributed by atoms with Crippen molar-refractivity contribution in [2.45, 2.75) is 6.54 Å². The summed E-state index contributed by atoms with van der Waals surface area (Å²) >= 11 is 0. The molecule has 25 heavy (non-hydrogen) atoms. The first-order valence-electron chi connectivity index (χ1n) is 7.34. The Kier molecular flexibility index (Phi) is 3.46. The number of anilines is 1. The van der Waals surface area contributed by atoms with Crippen LogP contribution in [0.3, 0.4) is 0 Å². The molecule has 1 aromatic carbocycles. The molecule has 0 unspecified atom stereocenters. The van der Waals surface area contributed by atoms with Crippen molar-refractivity contribution in [3.05, 3.63) is 65.4 Å². The van der Waals surface area contributed by atoms with Gasteiger partial charge in [0.1, 0.15) is 36.4 Å². The molecule has 0 fully saturated rings. The predicted octanol–water partition coefficient (Wildman–Crippen LogP) is 1.22. The molecular weight excluding hydrogens is 327 g/mol. The second-order valence-electron chi connectivity index (χ2n) is 5.34. The van der Waals surface area contributed by atoms with Gasteiger partial charge in [-0.15, -0.1) is 0 Å². The Morgan fingerprint density at radius 3 is 2.88 bits per heavy atom. The van der Waals surface area contributed by atoms with E-state index < -0.39 is 17.3 Å². The molecule has 4 aromatic rings. The van der Waals surface area contributed by atoms with E-state index in [2.05, 4.69) is 20.4 Å². The third-order valence-electron chi connectivity index (χ3n) is 3.71. The van der Waals surface area contributed by atoms with Crippen LogP contribution < -0.4 is 10.9 Å². The van der Waals surface area contributed by atoms with Crippen molar-refractivity contribution in [3.8, 4) is 0 Å². The number of nitrogens with zero attached hydrogens (tertiary/aromatic N) is 5. The van der Waals surface area contributed by atoms with E-state index in [1.807, 2.05) is 0 Å².